The molecule has 0 bridgehead atoms. The highest BCUT2D eigenvalue weighted by Crippen LogP contribution is 2.20. The zero-order valence-corrected chi connectivity index (χ0v) is 11.1. The monoisotopic (exact) mass is 246 g/mol. The van der Waals surface area contributed by atoms with Gasteiger partial charge in [0, 0.05) is 18.8 Å². The third kappa shape index (κ3) is 3.10. The molecule has 1 N–H and O–H groups in total. The number of amides is 1. The molecule has 0 aliphatic carbocycles. The van der Waals surface area contributed by atoms with E-state index in [1.165, 1.54) is 0 Å². The molecule has 1 aliphatic rings. The summed E-state index contributed by atoms with van der Waals surface area (Å²) in [5, 5.41) is 3.27. The molecule has 2 rings (SSSR count). The van der Waals surface area contributed by atoms with E-state index in [4.69, 9.17) is 0 Å². The predicted molar refractivity (Wildman–Crippen MR) is 74.7 cm³/mol. The topological polar surface area (TPSA) is 32.3 Å². The lowest BCUT2D eigenvalue weighted by Gasteiger charge is -2.25. The van der Waals surface area contributed by atoms with Gasteiger partial charge in [-0.3, -0.25) is 4.79 Å². The standard InChI is InChI=1S/C15H22N2O/c1-2-3-11-17(14-7-5-4-6-8-14)15(18)13-9-10-16-12-13/h4-8,13,16H,2-3,9-12H2,1H3. The number of hydrogen-bond donors (Lipinski definition) is 1. The van der Waals surface area contributed by atoms with E-state index in [1.54, 1.807) is 0 Å². The largest absolute Gasteiger partial charge is 0.316 e. The van der Waals surface area contributed by atoms with Crippen LogP contribution < -0.4 is 10.2 Å². The number of para-hydroxylation sites is 1. The highest BCUT2D eigenvalue weighted by atomic mass is 16.2. The van der Waals surface area contributed by atoms with Crippen LogP contribution in [-0.2, 0) is 4.79 Å². The van der Waals surface area contributed by atoms with Gasteiger partial charge in [-0.1, -0.05) is 31.5 Å². The summed E-state index contributed by atoms with van der Waals surface area (Å²) in [6.45, 7) is 4.78. The van der Waals surface area contributed by atoms with Crippen molar-refractivity contribution < 1.29 is 4.79 Å². The molecule has 1 saturated heterocycles. The number of unbranched alkanes of at least 4 members (excludes halogenated alkanes) is 1. The number of rotatable bonds is 5. The van der Waals surface area contributed by atoms with Crippen LogP contribution in [0.25, 0.3) is 0 Å². The molecule has 1 unspecified atom stereocenters. The molecule has 0 aromatic heterocycles. The normalized spacial score (nSPS) is 18.8. The van der Waals surface area contributed by atoms with Crippen LogP contribution in [0.1, 0.15) is 26.2 Å². The van der Waals surface area contributed by atoms with Gasteiger partial charge in [0.05, 0.1) is 5.92 Å². The average Bonchev–Trinajstić information content (AvgIpc) is 2.94. The fourth-order valence-electron chi connectivity index (χ4n) is 2.38. The van der Waals surface area contributed by atoms with E-state index in [2.05, 4.69) is 12.2 Å². The highest BCUT2D eigenvalue weighted by molar-refractivity contribution is 5.95. The van der Waals surface area contributed by atoms with Gasteiger partial charge >= 0.3 is 0 Å². The first-order chi connectivity index (χ1) is 8.83. The number of anilines is 1. The number of nitrogens with zero attached hydrogens (tertiary/aromatic N) is 1. The van der Waals surface area contributed by atoms with Crippen molar-refractivity contribution in [1.29, 1.82) is 0 Å². The SMILES string of the molecule is CCCCN(C(=O)C1CCNC1)c1ccccc1. The molecular formula is C15H22N2O. The Labute approximate surface area is 109 Å². The zero-order valence-electron chi connectivity index (χ0n) is 11.1. The van der Waals surface area contributed by atoms with Crippen LogP contribution in [-0.4, -0.2) is 25.5 Å². The van der Waals surface area contributed by atoms with Crippen molar-refractivity contribution >= 4 is 11.6 Å². The summed E-state index contributed by atoms with van der Waals surface area (Å²) in [5.41, 5.74) is 1.03. The second-order valence-electron chi connectivity index (χ2n) is 4.87. The Morgan fingerprint density at radius 2 is 2.17 bits per heavy atom. The van der Waals surface area contributed by atoms with Crippen molar-refractivity contribution in [3.8, 4) is 0 Å². The van der Waals surface area contributed by atoms with Crippen molar-refractivity contribution in [3.63, 3.8) is 0 Å². The Balaban J connectivity index is 2.11. The van der Waals surface area contributed by atoms with E-state index in [0.717, 1.165) is 44.6 Å². The maximum Gasteiger partial charge on any atom is 0.231 e. The molecule has 0 spiro atoms. The Hall–Kier alpha value is -1.35. The van der Waals surface area contributed by atoms with Gasteiger partial charge in [0.1, 0.15) is 0 Å². The molecule has 1 fully saturated rings. The first-order valence-electron chi connectivity index (χ1n) is 6.90. The molecule has 18 heavy (non-hydrogen) atoms. The van der Waals surface area contributed by atoms with Gasteiger partial charge in [0.15, 0.2) is 0 Å². The highest BCUT2D eigenvalue weighted by Gasteiger charge is 2.27. The zero-order chi connectivity index (χ0) is 12.8. The van der Waals surface area contributed by atoms with Gasteiger partial charge in [0.2, 0.25) is 5.91 Å². The fraction of sp³-hybridized carbons (Fsp3) is 0.533. The van der Waals surface area contributed by atoms with Gasteiger partial charge in [0.25, 0.3) is 0 Å². The molecule has 1 aromatic carbocycles. The number of carbonyl (C=O) groups is 1. The first kappa shape index (κ1) is 13.1. The second kappa shape index (κ2) is 6.55. The van der Waals surface area contributed by atoms with Gasteiger partial charge in [-0.05, 0) is 31.5 Å². The minimum Gasteiger partial charge on any atom is -0.316 e. The molecule has 3 nitrogen and oxygen atoms in total. The fourth-order valence-corrected chi connectivity index (χ4v) is 2.38. The maximum atomic E-state index is 12.5. The van der Waals surface area contributed by atoms with Crippen molar-refractivity contribution in [2.75, 3.05) is 24.5 Å². The maximum absolute atomic E-state index is 12.5. The summed E-state index contributed by atoms with van der Waals surface area (Å²) in [4.78, 5) is 14.5. The molecule has 3 heteroatoms. The Morgan fingerprint density at radius 3 is 2.78 bits per heavy atom. The van der Waals surface area contributed by atoms with Crippen LogP contribution in [0.2, 0.25) is 0 Å². The number of benzene rings is 1. The van der Waals surface area contributed by atoms with Crippen molar-refractivity contribution in [2.45, 2.75) is 26.2 Å². The summed E-state index contributed by atoms with van der Waals surface area (Å²) >= 11 is 0. The van der Waals surface area contributed by atoms with Crippen molar-refractivity contribution in [3.05, 3.63) is 30.3 Å². The van der Waals surface area contributed by atoms with E-state index in [-0.39, 0.29) is 11.8 Å². The van der Waals surface area contributed by atoms with Gasteiger partial charge < -0.3 is 10.2 Å². The lowest BCUT2D eigenvalue weighted by Crippen LogP contribution is -2.37. The lowest BCUT2D eigenvalue weighted by molar-refractivity contribution is -0.121. The molecule has 0 radical (unpaired) electrons. The summed E-state index contributed by atoms with van der Waals surface area (Å²) in [6, 6.07) is 10.0. The van der Waals surface area contributed by atoms with E-state index in [1.807, 2.05) is 35.2 Å². The van der Waals surface area contributed by atoms with Gasteiger partial charge in [-0.25, -0.2) is 0 Å². The number of hydrogen-bond acceptors (Lipinski definition) is 2. The third-order valence-corrected chi connectivity index (χ3v) is 3.48. The van der Waals surface area contributed by atoms with Crippen molar-refractivity contribution in [2.24, 2.45) is 5.92 Å². The van der Waals surface area contributed by atoms with Crippen LogP contribution in [0.3, 0.4) is 0 Å². The van der Waals surface area contributed by atoms with Crippen LogP contribution in [0, 0.1) is 5.92 Å². The van der Waals surface area contributed by atoms with E-state index in [0.29, 0.717) is 0 Å². The van der Waals surface area contributed by atoms with Crippen LogP contribution in [0.15, 0.2) is 30.3 Å². The third-order valence-electron chi connectivity index (χ3n) is 3.48. The van der Waals surface area contributed by atoms with Gasteiger partial charge in [-0.2, -0.15) is 0 Å². The Bertz CT molecular complexity index is 371. The summed E-state index contributed by atoms with van der Waals surface area (Å²) in [7, 11) is 0. The summed E-state index contributed by atoms with van der Waals surface area (Å²) in [5.74, 6) is 0.432. The molecule has 1 aromatic rings. The molecule has 98 valence electrons. The van der Waals surface area contributed by atoms with Gasteiger partial charge in [-0.15, -0.1) is 0 Å². The smallest absolute Gasteiger partial charge is 0.231 e. The minimum atomic E-state index is 0.155. The predicted octanol–water partition coefficient (Wildman–Crippen LogP) is 2.43. The average molecular weight is 246 g/mol. The van der Waals surface area contributed by atoms with E-state index in [9.17, 15) is 4.79 Å². The van der Waals surface area contributed by atoms with Crippen LogP contribution in [0.4, 0.5) is 5.69 Å². The molecule has 1 heterocycles. The molecular weight excluding hydrogens is 224 g/mol. The minimum absolute atomic E-state index is 0.155. The quantitative estimate of drug-likeness (QED) is 0.865. The first-order valence-corrected chi connectivity index (χ1v) is 6.90. The summed E-state index contributed by atoms with van der Waals surface area (Å²) < 4.78 is 0. The van der Waals surface area contributed by atoms with Crippen molar-refractivity contribution in [1.82, 2.24) is 5.32 Å². The second-order valence-corrected chi connectivity index (χ2v) is 4.87. The van der Waals surface area contributed by atoms with Crippen LogP contribution >= 0.6 is 0 Å². The molecule has 1 aliphatic heterocycles. The number of carbonyl (C=O) groups excluding carboxylic acids is 1. The Morgan fingerprint density at radius 1 is 1.39 bits per heavy atom. The van der Waals surface area contributed by atoms with E-state index < -0.39 is 0 Å². The lowest BCUT2D eigenvalue weighted by atomic mass is 10.1. The molecule has 0 saturated carbocycles. The van der Waals surface area contributed by atoms with E-state index >= 15 is 0 Å². The Kier molecular flexibility index (Phi) is 4.76. The molecule has 1 atom stereocenters. The summed E-state index contributed by atoms with van der Waals surface area (Å²) in [6.07, 6.45) is 3.13. The molecule has 1 amide bonds. The number of nitrogens with one attached hydrogen (secondary N) is 1. The van der Waals surface area contributed by atoms with Crippen LogP contribution in [0.5, 0.6) is 0 Å².